The average molecular weight is 320 g/mol. The highest BCUT2D eigenvalue weighted by Gasteiger charge is 2.15. The lowest BCUT2D eigenvalue weighted by Gasteiger charge is -2.23. The number of hydrogen-bond acceptors (Lipinski definition) is 3. The molecule has 1 aromatic carbocycles. The first kappa shape index (κ1) is 15.9. The molecule has 0 aliphatic rings. The van der Waals surface area contributed by atoms with Gasteiger partial charge in [-0.3, -0.25) is 14.5 Å². The lowest BCUT2D eigenvalue weighted by atomic mass is 10.1. The fraction of sp³-hybridized carbons (Fsp3) is 0.211. The van der Waals surface area contributed by atoms with E-state index in [4.69, 9.17) is 0 Å². The van der Waals surface area contributed by atoms with E-state index in [2.05, 4.69) is 22.2 Å². The summed E-state index contributed by atoms with van der Waals surface area (Å²) in [6.45, 7) is 1.51. The van der Waals surface area contributed by atoms with Gasteiger partial charge in [0.15, 0.2) is 0 Å². The molecule has 24 heavy (non-hydrogen) atoms. The summed E-state index contributed by atoms with van der Waals surface area (Å²) in [7, 11) is 0. The van der Waals surface area contributed by atoms with Gasteiger partial charge in [0, 0.05) is 37.9 Å². The number of aromatic nitrogens is 3. The Bertz CT molecular complexity index is 742. The largest absolute Gasteiger partial charge is 0.336 e. The molecule has 3 rings (SSSR count). The molecule has 5 heteroatoms. The third kappa shape index (κ3) is 4.52. The molecule has 0 spiro atoms. The summed E-state index contributed by atoms with van der Waals surface area (Å²) in [5.41, 5.74) is 2.30. The molecule has 0 saturated heterocycles. The van der Waals surface area contributed by atoms with Crippen LogP contribution in [0.25, 0.3) is 0 Å². The first-order chi connectivity index (χ1) is 11.8. The van der Waals surface area contributed by atoms with Gasteiger partial charge in [0.2, 0.25) is 5.91 Å². The van der Waals surface area contributed by atoms with Crippen LogP contribution in [-0.4, -0.2) is 32.1 Å². The number of hydrogen-bond donors (Lipinski definition) is 0. The predicted molar refractivity (Wildman–Crippen MR) is 92.0 cm³/mol. The maximum absolute atomic E-state index is 12.7. The van der Waals surface area contributed by atoms with E-state index in [-0.39, 0.29) is 12.5 Å². The molecule has 0 bridgehead atoms. The third-order valence-electron chi connectivity index (χ3n) is 3.85. The highest BCUT2D eigenvalue weighted by Crippen LogP contribution is 2.08. The predicted octanol–water partition coefficient (Wildman–Crippen LogP) is 2.55. The van der Waals surface area contributed by atoms with Crippen LogP contribution in [0.15, 0.2) is 73.3 Å². The first-order valence-electron chi connectivity index (χ1n) is 7.99. The second kappa shape index (κ2) is 8.06. The minimum absolute atomic E-state index is 0.0615. The molecule has 0 fully saturated rings. The van der Waals surface area contributed by atoms with Gasteiger partial charge in [-0.05, 0) is 35.7 Å². The fourth-order valence-electron chi connectivity index (χ4n) is 2.54. The monoisotopic (exact) mass is 320 g/mol. The van der Waals surface area contributed by atoms with Gasteiger partial charge in [0.25, 0.3) is 0 Å². The summed E-state index contributed by atoms with van der Waals surface area (Å²) in [6, 6.07) is 15.9. The molecular formula is C19H20N4O. The Kier molecular flexibility index (Phi) is 5.35. The van der Waals surface area contributed by atoms with Gasteiger partial charge in [-0.15, -0.1) is 0 Å². The second-order valence-corrected chi connectivity index (χ2v) is 5.61. The number of carbonyl (C=O) groups excluding carboxylic acids is 1. The van der Waals surface area contributed by atoms with Crippen molar-refractivity contribution in [3.8, 4) is 0 Å². The molecule has 2 heterocycles. The van der Waals surface area contributed by atoms with E-state index in [0.29, 0.717) is 13.1 Å². The summed E-state index contributed by atoms with van der Waals surface area (Å²) >= 11 is 0. The van der Waals surface area contributed by atoms with Crippen molar-refractivity contribution in [2.45, 2.75) is 19.5 Å². The normalized spacial score (nSPS) is 10.5. The van der Waals surface area contributed by atoms with E-state index < -0.39 is 0 Å². The van der Waals surface area contributed by atoms with Gasteiger partial charge < -0.3 is 4.90 Å². The lowest BCUT2D eigenvalue weighted by molar-refractivity contribution is -0.132. The SMILES string of the molecule is O=C(Cn1cccn1)N(CCc1ccccc1)Cc1ccncc1. The van der Waals surface area contributed by atoms with Crippen LogP contribution in [0.1, 0.15) is 11.1 Å². The van der Waals surface area contributed by atoms with E-state index >= 15 is 0 Å². The highest BCUT2D eigenvalue weighted by molar-refractivity contribution is 5.75. The van der Waals surface area contributed by atoms with Crippen LogP contribution in [0.3, 0.4) is 0 Å². The van der Waals surface area contributed by atoms with Crippen molar-refractivity contribution in [1.82, 2.24) is 19.7 Å². The summed E-state index contributed by atoms with van der Waals surface area (Å²) < 4.78 is 1.66. The van der Waals surface area contributed by atoms with Crippen molar-refractivity contribution in [3.63, 3.8) is 0 Å². The van der Waals surface area contributed by atoms with E-state index in [1.54, 1.807) is 29.5 Å². The molecule has 0 N–H and O–H groups in total. The number of pyridine rings is 1. The third-order valence-corrected chi connectivity index (χ3v) is 3.85. The van der Waals surface area contributed by atoms with Crippen LogP contribution in [0, 0.1) is 0 Å². The Morgan fingerprint density at radius 2 is 1.75 bits per heavy atom. The zero-order valence-electron chi connectivity index (χ0n) is 13.5. The van der Waals surface area contributed by atoms with Gasteiger partial charge in [-0.1, -0.05) is 30.3 Å². The number of rotatable bonds is 7. The number of benzene rings is 1. The smallest absolute Gasteiger partial charge is 0.244 e. The summed E-state index contributed by atoms with van der Waals surface area (Å²) in [5, 5.41) is 4.12. The van der Waals surface area contributed by atoms with Crippen LogP contribution in [0.5, 0.6) is 0 Å². The molecule has 0 saturated carbocycles. The molecule has 0 unspecified atom stereocenters. The Labute approximate surface area is 141 Å². The molecule has 2 aromatic heterocycles. The van der Waals surface area contributed by atoms with E-state index in [1.165, 1.54) is 5.56 Å². The summed E-state index contributed by atoms with van der Waals surface area (Å²) in [5.74, 6) is 0.0615. The maximum atomic E-state index is 12.7. The Balaban J connectivity index is 1.68. The van der Waals surface area contributed by atoms with Crippen molar-refractivity contribution in [2.75, 3.05) is 6.54 Å². The summed E-state index contributed by atoms with van der Waals surface area (Å²) in [4.78, 5) is 18.6. The zero-order chi connectivity index (χ0) is 16.6. The van der Waals surface area contributed by atoms with Gasteiger partial charge in [0.1, 0.15) is 6.54 Å². The fourth-order valence-corrected chi connectivity index (χ4v) is 2.54. The Morgan fingerprint density at radius 3 is 2.46 bits per heavy atom. The van der Waals surface area contributed by atoms with Crippen LogP contribution in [0.2, 0.25) is 0 Å². The van der Waals surface area contributed by atoms with Gasteiger partial charge in [-0.25, -0.2) is 0 Å². The Morgan fingerprint density at radius 1 is 0.958 bits per heavy atom. The van der Waals surface area contributed by atoms with Crippen molar-refractivity contribution < 1.29 is 4.79 Å². The first-order valence-corrected chi connectivity index (χ1v) is 7.99. The van der Waals surface area contributed by atoms with Crippen molar-refractivity contribution >= 4 is 5.91 Å². The van der Waals surface area contributed by atoms with E-state index in [0.717, 1.165) is 12.0 Å². The number of amides is 1. The highest BCUT2D eigenvalue weighted by atomic mass is 16.2. The van der Waals surface area contributed by atoms with Crippen LogP contribution in [0.4, 0.5) is 0 Å². The molecule has 0 aliphatic carbocycles. The van der Waals surface area contributed by atoms with Crippen molar-refractivity contribution in [2.24, 2.45) is 0 Å². The molecular weight excluding hydrogens is 300 g/mol. The second-order valence-electron chi connectivity index (χ2n) is 5.61. The van der Waals surface area contributed by atoms with Crippen molar-refractivity contribution in [1.29, 1.82) is 0 Å². The van der Waals surface area contributed by atoms with E-state index in [9.17, 15) is 4.79 Å². The zero-order valence-corrected chi connectivity index (χ0v) is 13.5. The molecule has 122 valence electrons. The Hall–Kier alpha value is -2.95. The topological polar surface area (TPSA) is 51.0 Å². The minimum atomic E-state index is 0.0615. The minimum Gasteiger partial charge on any atom is -0.336 e. The van der Waals surface area contributed by atoms with Gasteiger partial charge in [0.05, 0.1) is 0 Å². The van der Waals surface area contributed by atoms with E-state index in [1.807, 2.05) is 41.3 Å². The van der Waals surface area contributed by atoms with Crippen molar-refractivity contribution in [3.05, 3.63) is 84.4 Å². The van der Waals surface area contributed by atoms with Crippen LogP contribution < -0.4 is 0 Å². The molecule has 3 aromatic rings. The average Bonchev–Trinajstić information content (AvgIpc) is 3.13. The quantitative estimate of drug-likeness (QED) is 0.672. The van der Waals surface area contributed by atoms with Crippen LogP contribution >= 0.6 is 0 Å². The lowest BCUT2D eigenvalue weighted by Crippen LogP contribution is -2.35. The standard InChI is InChI=1S/C19H20N4O/c24-19(16-23-13-4-10-21-23)22(15-18-7-11-20-12-8-18)14-9-17-5-2-1-3-6-17/h1-8,10-13H,9,14-16H2. The van der Waals surface area contributed by atoms with Crippen LogP contribution in [-0.2, 0) is 24.3 Å². The molecule has 5 nitrogen and oxygen atoms in total. The van der Waals surface area contributed by atoms with Gasteiger partial charge in [-0.2, -0.15) is 5.10 Å². The maximum Gasteiger partial charge on any atom is 0.244 e. The molecule has 0 atom stereocenters. The number of nitrogens with zero attached hydrogens (tertiary/aromatic N) is 4. The molecule has 1 amide bonds. The molecule has 0 aliphatic heterocycles. The number of carbonyl (C=O) groups is 1. The van der Waals surface area contributed by atoms with Gasteiger partial charge >= 0.3 is 0 Å². The molecule has 0 radical (unpaired) electrons. The summed E-state index contributed by atoms with van der Waals surface area (Å²) in [6.07, 6.45) is 7.83.